The fourth-order valence-corrected chi connectivity index (χ4v) is 5.00. The number of benzene rings is 1. The summed E-state index contributed by atoms with van der Waals surface area (Å²) >= 11 is 0. The Kier molecular flexibility index (Phi) is 6.53. The average Bonchev–Trinajstić information content (AvgIpc) is 3.49. The summed E-state index contributed by atoms with van der Waals surface area (Å²) in [5, 5.41) is 9.09. The molecule has 1 saturated carbocycles. The average molecular weight is 556 g/mol. The second kappa shape index (κ2) is 10.2. The summed E-state index contributed by atoms with van der Waals surface area (Å²) in [5.74, 6) is -0.472. The Hall–Kier alpha value is -4.61. The molecule has 0 radical (unpaired) electrons. The van der Waals surface area contributed by atoms with Gasteiger partial charge in [-0.05, 0) is 59.9 Å². The van der Waals surface area contributed by atoms with Crippen LogP contribution in [-0.4, -0.2) is 39.8 Å². The summed E-state index contributed by atoms with van der Waals surface area (Å²) in [5.41, 5.74) is 13.6. The van der Waals surface area contributed by atoms with Gasteiger partial charge < -0.3 is 10.7 Å². The Balaban J connectivity index is 1.38. The van der Waals surface area contributed by atoms with Gasteiger partial charge in [-0.3, -0.25) is 10.1 Å². The number of allylic oxidation sites excluding steroid dienone is 5. The number of hydrogen-bond donors (Lipinski definition) is 4. The van der Waals surface area contributed by atoms with E-state index in [0.717, 1.165) is 57.9 Å². The first-order valence-corrected chi connectivity index (χ1v) is 14.5. The van der Waals surface area contributed by atoms with Gasteiger partial charge in [-0.1, -0.05) is 23.8 Å². The first-order chi connectivity index (χ1) is 19.3. The summed E-state index contributed by atoms with van der Waals surface area (Å²) in [6.07, 6.45) is 16.1. The molecule has 0 saturated heterocycles. The predicted octanol–water partition coefficient (Wildman–Crippen LogP) is 4.93. The Bertz CT molecular complexity index is 1960. The topological polar surface area (TPSA) is 142 Å². The van der Waals surface area contributed by atoms with Crippen LogP contribution in [-0.2, 0) is 16.6 Å². The molecule has 9 nitrogen and oxygen atoms in total. The third-order valence-electron chi connectivity index (χ3n) is 6.69. The van der Waals surface area contributed by atoms with Crippen LogP contribution in [0.3, 0.4) is 0 Å². The van der Waals surface area contributed by atoms with Gasteiger partial charge in [0.05, 0.1) is 29.4 Å². The molecule has 0 amide bonds. The molecule has 0 unspecified atom stereocenters. The summed E-state index contributed by atoms with van der Waals surface area (Å²) < 4.78 is 40.0. The standard InChI is InChI=1S/C29H26FN7O2S/c1-40(38,39)34-13-18-7-20(9-22(30)8-18)25-15-32-16-27-23(25)11-26(35-27)28-24-10-21(14-33-29(24)37-36-28)19(12-31)4-2-3-17-5-6-17/h2-4,7-12,14-16,34-35H,5-6,13,31H2,1H3,(H,33,36,37)/b4-2-,19-12+. The van der Waals surface area contributed by atoms with E-state index >= 15 is 0 Å². The lowest BCUT2D eigenvalue weighted by Gasteiger charge is -2.08. The maximum atomic E-state index is 14.5. The largest absolute Gasteiger partial charge is 0.404 e. The molecule has 11 heteroatoms. The minimum absolute atomic E-state index is 0.0211. The molecule has 202 valence electrons. The van der Waals surface area contributed by atoms with Crippen LogP contribution in [0.4, 0.5) is 4.39 Å². The molecule has 0 aliphatic heterocycles. The first-order valence-electron chi connectivity index (χ1n) is 12.6. The minimum atomic E-state index is -3.42. The number of nitrogens with zero attached hydrogens (tertiary/aromatic N) is 3. The molecule has 0 atom stereocenters. The number of fused-ring (bicyclic) bond motifs is 2. The number of pyridine rings is 2. The van der Waals surface area contributed by atoms with Gasteiger partial charge in [0.1, 0.15) is 5.82 Å². The molecule has 5 aromatic rings. The van der Waals surface area contributed by atoms with E-state index in [0.29, 0.717) is 22.3 Å². The third kappa shape index (κ3) is 5.42. The van der Waals surface area contributed by atoms with Crippen molar-refractivity contribution in [2.75, 3.05) is 6.26 Å². The van der Waals surface area contributed by atoms with Crippen molar-refractivity contribution in [3.8, 4) is 22.5 Å². The van der Waals surface area contributed by atoms with E-state index in [-0.39, 0.29) is 6.54 Å². The second-order valence-corrected chi connectivity index (χ2v) is 11.6. The Labute approximate surface area is 229 Å². The van der Waals surface area contributed by atoms with Crippen molar-refractivity contribution < 1.29 is 12.8 Å². The van der Waals surface area contributed by atoms with Gasteiger partial charge >= 0.3 is 0 Å². The van der Waals surface area contributed by atoms with Crippen LogP contribution in [0.15, 0.2) is 78.9 Å². The normalized spacial score (nSPS) is 14.1. The molecule has 1 fully saturated rings. The molecule has 1 aromatic carbocycles. The summed E-state index contributed by atoms with van der Waals surface area (Å²) in [6, 6.07) is 8.41. The van der Waals surface area contributed by atoms with Crippen LogP contribution in [0.25, 0.3) is 50.0 Å². The highest BCUT2D eigenvalue weighted by atomic mass is 32.2. The first kappa shape index (κ1) is 25.7. The van der Waals surface area contributed by atoms with E-state index in [9.17, 15) is 12.8 Å². The molecule has 0 spiro atoms. The molecule has 4 aromatic heterocycles. The maximum Gasteiger partial charge on any atom is 0.209 e. The number of nitrogens with one attached hydrogen (secondary N) is 3. The van der Waals surface area contributed by atoms with Crippen LogP contribution in [0.1, 0.15) is 24.0 Å². The quantitative estimate of drug-likeness (QED) is 0.200. The van der Waals surface area contributed by atoms with Gasteiger partial charge in [-0.25, -0.2) is 22.5 Å². The lowest BCUT2D eigenvalue weighted by Crippen LogP contribution is -2.21. The Morgan fingerprint density at radius 2 is 1.98 bits per heavy atom. The number of aromatic nitrogens is 5. The molecule has 5 N–H and O–H groups in total. The monoisotopic (exact) mass is 555 g/mol. The molecule has 4 heterocycles. The molecular weight excluding hydrogens is 529 g/mol. The summed E-state index contributed by atoms with van der Waals surface area (Å²) in [4.78, 5) is 12.3. The molecule has 0 bridgehead atoms. The molecule has 1 aliphatic carbocycles. The van der Waals surface area contributed by atoms with Crippen LogP contribution in [0.2, 0.25) is 0 Å². The zero-order valence-electron chi connectivity index (χ0n) is 21.6. The van der Waals surface area contributed by atoms with E-state index < -0.39 is 15.8 Å². The van der Waals surface area contributed by atoms with Crippen LogP contribution >= 0.6 is 0 Å². The van der Waals surface area contributed by atoms with Crippen molar-refractivity contribution in [1.29, 1.82) is 0 Å². The van der Waals surface area contributed by atoms with Gasteiger partial charge in [0, 0.05) is 47.0 Å². The van der Waals surface area contributed by atoms with Crippen molar-refractivity contribution in [3.05, 3.63) is 95.9 Å². The molecule has 6 rings (SSSR count). The van der Waals surface area contributed by atoms with Crippen molar-refractivity contribution in [2.45, 2.75) is 19.4 Å². The number of halogens is 1. The third-order valence-corrected chi connectivity index (χ3v) is 7.36. The van der Waals surface area contributed by atoms with Crippen LogP contribution in [0.5, 0.6) is 0 Å². The van der Waals surface area contributed by atoms with E-state index in [2.05, 4.69) is 35.9 Å². The smallest absolute Gasteiger partial charge is 0.209 e. The number of hydrogen-bond acceptors (Lipinski definition) is 6. The van der Waals surface area contributed by atoms with Gasteiger partial charge in [0.2, 0.25) is 10.0 Å². The van der Waals surface area contributed by atoms with Crippen molar-refractivity contribution >= 4 is 37.5 Å². The van der Waals surface area contributed by atoms with E-state index in [1.807, 2.05) is 24.3 Å². The van der Waals surface area contributed by atoms with Gasteiger partial charge in [0.25, 0.3) is 0 Å². The molecule has 1 aliphatic rings. The van der Waals surface area contributed by atoms with Gasteiger partial charge in [0.15, 0.2) is 5.65 Å². The lowest BCUT2D eigenvalue weighted by molar-refractivity contribution is 0.586. The summed E-state index contributed by atoms with van der Waals surface area (Å²) in [6.45, 7) is -0.0211. The highest BCUT2D eigenvalue weighted by molar-refractivity contribution is 7.88. The number of rotatable bonds is 8. The fourth-order valence-electron chi connectivity index (χ4n) is 4.58. The van der Waals surface area contributed by atoms with Crippen LogP contribution < -0.4 is 10.5 Å². The van der Waals surface area contributed by atoms with Crippen molar-refractivity contribution in [1.82, 2.24) is 29.9 Å². The predicted molar refractivity (Wildman–Crippen MR) is 155 cm³/mol. The maximum absolute atomic E-state index is 14.5. The molecular formula is C29H26FN7O2S. The number of sulfonamides is 1. The Morgan fingerprint density at radius 3 is 2.75 bits per heavy atom. The zero-order chi connectivity index (χ0) is 27.9. The van der Waals surface area contributed by atoms with E-state index in [1.165, 1.54) is 17.7 Å². The molecule has 40 heavy (non-hydrogen) atoms. The van der Waals surface area contributed by atoms with Gasteiger partial charge in [-0.2, -0.15) is 5.10 Å². The number of nitrogens with two attached hydrogens (primary N) is 1. The highest BCUT2D eigenvalue weighted by Crippen LogP contribution is 2.34. The number of H-pyrrole nitrogens is 2. The van der Waals surface area contributed by atoms with E-state index in [4.69, 9.17) is 5.73 Å². The zero-order valence-corrected chi connectivity index (χ0v) is 22.4. The SMILES string of the molecule is CS(=O)(=O)NCc1cc(F)cc(-c2cncc3[nH]c(-c4[nH]nc5ncc(C(/C=C\C=C6CC6)=C/N)cc45)cc23)c1. The van der Waals surface area contributed by atoms with Crippen molar-refractivity contribution in [3.63, 3.8) is 0 Å². The lowest BCUT2D eigenvalue weighted by atomic mass is 10.0. The van der Waals surface area contributed by atoms with E-state index in [1.54, 1.807) is 30.9 Å². The number of aromatic amines is 2. The Morgan fingerprint density at radius 1 is 1.12 bits per heavy atom. The van der Waals surface area contributed by atoms with Gasteiger partial charge in [-0.15, -0.1) is 0 Å². The second-order valence-electron chi connectivity index (χ2n) is 9.77. The minimum Gasteiger partial charge on any atom is -0.404 e. The summed E-state index contributed by atoms with van der Waals surface area (Å²) in [7, 11) is -3.42. The van der Waals surface area contributed by atoms with Crippen LogP contribution in [0, 0.1) is 5.82 Å². The fraction of sp³-hybridized carbons (Fsp3) is 0.138. The highest BCUT2D eigenvalue weighted by Gasteiger charge is 2.16. The van der Waals surface area contributed by atoms with Crippen molar-refractivity contribution in [2.24, 2.45) is 5.73 Å².